The molecule has 248 valence electrons. The van der Waals surface area contributed by atoms with E-state index in [4.69, 9.17) is 10.5 Å². The molecule has 4 rings (SSSR count). The van der Waals surface area contributed by atoms with Crippen LogP contribution in [0.2, 0.25) is 0 Å². The van der Waals surface area contributed by atoms with E-state index >= 15 is 0 Å². The molecule has 6 N–H and O–H groups in total. The molecule has 0 aromatic heterocycles. The average Bonchev–Trinajstić information content (AvgIpc) is 3.39. The molecule has 0 aliphatic heterocycles. The smallest absolute Gasteiger partial charge is 0.337 e. The number of carboxylic acid groups (broad SMARTS) is 1. The number of esters is 1. The van der Waals surface area contributed by atoms with Gasteiger partial charge in [0.15, 0.2) is 0 Å². The van der Waals surface area contributed by atoms with E-state index in [0.29, 0.717) is 36.2 Å². The van der Waals surface area contributed by atoms with Crippen LogP contribution in [-0.2, 0) is 36.8 Å². The lowest BCUT2D eigenvalue weighted by atomic mass is 9.85. The van der Waals surface area contributed by atoms with Gasteiger partial charge in [-0.05, 0) is 95.3 Å². The first kappa shape index (κ1) is 34.8. The number of aliphatic carboxylic acids is 1. The van der Waals surface area contributed by atoms with E-state index in [9.17, 15) is 29.1 Å². The summed E-state index contributed by atoms with van der Waals surface area (Å²) in [5.41, 5.74) is 11.8. The predicted molar refractivity (Wildman–Crippen MR) is 179 cm³/mol. The van der Waals surface area contributed by atoms with Crippen molar-refractivity contribution in [1.82, 2.24) is 5.32 Å². The lowest BCUT2D eigenvalue weighted by Crippen LogP contribution is -2.53. The number of carboxylic acids is 1. The number of hydrogen-bond donors (Lipinski definition) is 5. The van der Waals surface area contributed by atoms with Gasteiger partial charge < -0.3 is 31.5 Å². The molecule has 0 saturated heterocycles. The second-order valence-electron chi connectivity index (χ2n) is 12.8. The fraction of sp³-hybridized carbons (Fsp3) is 0.361. The summed E-state index contributed by atoms with van der Waals surface area (Å²) in [6.07, 6.45) is 1.91. The van der Waals surface area contributed by atoms with Crippen molar-refractivity contribution in [3.63, 3.8) is 0 Å². The van der Waals surface area contributed by atoms with Gasteiger partial charge in [0.05, 0.1) is 25.6 Å². The third kappa shape index (κ3) is 9.04. The molecular formula is C36H42N4O7. The van der Waals surface area contributed by atoms with Gasteiger partial charge in [0.2, 0.25) is 17.7 Å². The number of fused-ring (bicyclic) bond motifs is 3. The van der Waals surface area contributed by atoms with E-state index in [1.54, 1.807) is 12.1 Å². The molecule has 2 atom stereocenters. The zero-order valence-corrected chi connectivity index (χ0v) is 27.1. The largest absolute Gasteiger partial charge is 0.481 e. The van der Waals surface area contributed by atoms with Gasteiger partial charge in [-0.2, -0.15) is 0 Å². The van der Waals surface area contributed by atoms with E-state index in [2.05, 4.69) is 28.1 Å². The van der Waals surface area contributed by atoms with Crippen molar-refractivity contribution in [1.29, 1.82) is 0 Å². The van der Waals surface area contributed by atoms with Crippen molar-refractivity contribution in [2.24, 2.45) is 17.1 Å². The maximum Gasteiger partial charge on any atom is 0.337 e. The van der Waals surface area contributed by atoms with Gasteiger partial charge in [0.25, 0.3) is 0 Å². The Hall–Kier alpha value is -5.03. The number of carbonyl (C=O) groups excluding carboxylic acids is 4. The minimum Gasteiger partial charge on any atom is -0.481 e. The van der Waals surface area contributed by atoms with Gasteiger partial charge in [-0.25, -0.2) is 4.79 Å². The number of carbonyl (C=O) groups is 5. The molecule has 0 unspecified atom stereocenters. The molecule has 11 heteroatoms. The molecule has 0 bridgehead atoms. The minimum absolute atomic E-state index is 0.0854. The van der Waals surface area contributed by atoms with Crippen LogP contribution in [0.1, 0.15) is 67.1 Å². The van der Waals surface area contributed by atoms with E-state index in [-0.39, 0.29) is 18.9 Å². The monoisotopic (exact) mass is 642 g/mol. The molecule has 11 nitrogen and oxygen atoms in total. The highest BCUT2D eigenvalue weighted by molar-refractivity contribution is 5.99. The lowest BCUT2D eigenvalue weighted by molar-refractivity contribution is -0.141. The van der Waals surface area contributed by atoms with E-state index in [0.717, 1.165) is 28.7 Å². The third-order valence-electron chi connectivity index (χ3n) is 8.21. The minimum atomic E-state index is -1.09. The SMILES string of the molecule is COC(=O)c1ccc(NC(=O)[C@@H](NC(=O)[C@H](CCCc2ccc3c(c2)Cc2cc(NC(=O)CN)ccc2-3)CC(=O)O)C(C)(C)C)cc1. The van der Waals surface area contributed by atoms with Gasteiger partial charge in [0.1, 0.15) is 6.04 Å². The molecule has 1 aliphatic rings. The van der Waals surface area contributed by atoms with Crippen molar-refractivity contribution < 1.29 is 33.8 Å². The molecule has 3 aromatic carbocycles. The van der Waals surface area contributed by atoms with Gasteiger partial charge >= 0.3 is 11.9 Å². The molecule has 0 radical (unpaired) electrons. The number of anilines is 2. The second-order valence-corrected chi connectivity index (χ2v) is 12.8. The first-order valence-corrected chi connectivity index (χ1v) is 15.6. The number of aryl methyl sites for hydroxylation is 1. The summed E-state index contributed by atoms with van der Waals surface area (Å²) >= 11 is 0. The summed E-state index contributed by atoms with van der Waals surface area (Å²) in [5.74, 6) is -3.63. The summed E-state index contributed by atoms with van der Waals surface area (Å²) in [5, 5.41) is 18.0. The summed E-state index contributed by atoms with van der Waals surface area (Å²) in [4.78, 5) is 61.9. The number of nitrogens with two attached hydrogens (primary N) is 1. The second kappa shape index (κ2) is 15.0. The van der Waals surface area contributed by atoms with Crippen LogP contribution in [0.25, 0.3) is 11.1 Å². The summed E-state index contributed by atoms with van der Waals surface area (Å²) in [6.45, 7) is 5.35. The van der Waals surface area contributed by atoms with Crippen LogP contribution in [0.3, 0.4) is 0 Å². The highest BCUT2D eigenvalue weighted by Crippen LogP contribution is 2.38. The topological polar surface area (TPSA) is 177 Å². The highest BCUT2D eigenvalue weighted by Gasteiger charge is 2.35. The molecule has 1 aliphatic carbocycles. The number of amides is 3. The molecule has 3 aromatic rings. The quantitative estimate of drug-likeness (QED) is 0.132. The Morgan fingerprint density at radius 1 is 0.872 bits per heavy atom. The lowest BCUT2D eigenvalue weighted by Gasteiger charge is -2.31. The van der Waals surface area contributed by atoms with Gasteiger partial charge in [-0.15, -0.1) is 0 Å². The summed E-state index contributed by atoms with van der Waals surface area (Å²) in [7, 11) is 1.28. The van der Waals surface area contributed by atoms with E-state index in [1.165, 1.54) is 24.8 Å². The van der Waals surface area contributed by atoms with Crippen molar-refractivity contribution in [2.75, 3.05) is 24.3 Å². The third-order valence-corrected chi connectivity index (χ3v) is 8.21. The van der Waals surface area contributed by atoms with Gasteiger partial charge in [0, 0.05) is 17.3 Å². The van der Waals surface area contributed by atoms with Crippen LogP contribution in [0.4, 0.5) is 11.4 Å². The molecular weight excluding hydrogens is 600 g/mol. The first-order chi connectivity index (χ1) is 22.3. The first-order valence-electron chi connectivity index (χ1n) is 15.6. The molecule has 0 fully saturated rings. The Morgan fingerprint density at radius 2 is 1.51 bits per heavy atom. The van der Waals surface area contributed by atoms with E-state index in [1.807, 2.05) is 45.0 Å². The number of hydrogen-bond acceptors (Lipinski definition) is 7. The van der Waals surface area contributed by atoms with Crippen LogP contribution in [0.5, 0.6) is 0 Å². The molecule has 3 amide bonds. The molecule has 47 heavy (non-hydrogen) atoms. The standard InChI is InChI=1S/C36H42N4O7/c1-36(2,3)32(34(45)39-26-11-9-22(10-12-26)35(46)47-4)40-33(44)23(19-31(42)43)7-5-6-21-8-14-28-24(16-21)17-25-18-27(13-15-29(25)28)38-30(41)20-37/h8-16,18,23,32H,5-7,17,19-20,37H2,1-4H3,(H,38,41)(H,39,45)(H,40,44)(H,42,43)/t23-,32-/m1/s1. The van der Waals surface area contributed by atoms with Gasteiger partial charge in [-0.1, -0.05) is 45.0 Å². The summed E-state index contributed by atoms with van der Waals surface area (Å²) < 4.78 is 4.70. The van der Waals surface area contributed by atoms with Crippen molar-refractivity contribution in [2.45, 2.75) is 58.9 Å². The van der Waals surface area contributed by atoms with Gasteiger partial charge in [-0.3, -0.25) is 19.2 Å². The Balaban J connectivity index is 1.38. The fourth-order valence-corrected chi connectivity index (χ4v) is 5.76. The van der Waals surface area contributed by atoms with Crippen molar-refractivity contribution in [3.05, 3.63) is 82.9 Å². The number of rotatable bonds is 13. The number of benzene rings is 3. The van der Waals surface area contributed by atoms with Crippen LogP contribution in [0.15, 0.2) is 60.7 Å². The van der Waals surface area contributed by atoms with Crippen LogP contribution < -0.4 is 21.7 Å². The normalized spacial score (nSPS) is 13.0. The average molecular weight is 643 g/mol. The number of methoxy groups -OCH3 is 1. The van der Waals surface area contributed by atoms with Crippen LogP contribution >= 0.6 is 0 Å². The van der Waals surface area contributed by atoms with Crippen LogP contribution in [0, 0.1) is 11.3 Å². The number of ether oxygens (including phenoxy) is 1. The highest BCUT2D eigenvalue weighted by atomic mass is 16.5. The Labute approximate surface area is 274 Å². The van der Waals surface area contributed by atoms with Crippen molar-refractivity contribution >= 4 is 41.0 Å². The Kier molecular flexibility index (Phi) is 11.1. The predicted octanol–water partition coefficient (Wildman–Crippen LogP) is 4.52. The number of nitrogens with one attached hydrogen (secondary N) is 3. The zero-order valence-electron chi connectivity index (χ0n) is 27.1. The van der Waals surface area contributed by atoms with Crippen LogP contribution in [-0.4, -0.2) is 54.5 Å². The molecule has 0 saturated carbocycles. The molecule has 0 heterocycles. The van der Waals surface area contributed by atoms with E-state index < -0.39 is 41.1 Å². The maximum absolute atomic E-state index is 13.4. The molecule has 0 spiro atoms. The fourth-order valence-electron chi connectivity index (χ4n) is 5.76. The maximum atomic E-state index is 13.4. The zero-order chi connectivity index (χ0) is 34.3. The summed E-state index contributed by atoms with van der Waals surface area (Å²) in [6, 6.07) is 17.3. The Bertz CT molecular complexity index is 1660. The Morgan fingerprint density at radius 3 is 2.13 bits per heavy atom. The van der Waals surface area contributed by atoms with Crippen molar-refractivity contribution in [3.8, 4) is 11.1 Å².